The molecule has 0 aliphatic heterocycles. The summed E-state index contributed by atoms with van der Waals surface area (Å²) >= 11 is 0. The lowest BCUT2D eigenvalue weighted by molar-refractivity contribution is -0.124. The highest BCUT2D eigenvalue weighted by Gasteiger charge is 2.06. The summed E-state index contributed by atoms with van der Waals surface area (Å²) in [6.45, 7) is 2.06. The number of rotatable bonds is 8. The molecule has 0 aliphatic carbocycles. The molecular formula is C16H20O4. The smallest absolute Gasteiger partial charge is 0.163 e. The number of carbonyl (C=O) groups is 2. The highest BCUT2D eigenvalue weighted by molar-refractivity contribution is 6.06. The molecule has 0 saturated heterocycles. The maximum absolute atomic E-state index is 11.6. The van der Waals surface area contributed by atoms with Crippen LogP contribution in [0.4, 0.5) is 0 Å². The number of carbonyl (C=O) groups excluding carboxylic acids is 2. The molecule has 0 unspecified atom stereocenters. The first kappa shape index (κ1) is 16.0. The Kier molecular flexibility index (Phi) is 6.50. The average molecular weight is 276 g/mol. The number of Topliss-reactive ketones (excluding diaryl/α,β-unsaturated/α-hetero) is 1. The molecule has 4 nitrogen and oxygen atoms in total. The van der Waals surface area contributed by atoms with Crippen LogP contribution in [0.1, 0.15) is 44.6 Å². The third-order valence-corrected chi connectivity index (χ3v) is 2.89. The monoisotopic (exact) mass is 276 g/mol. The zero-order chi connectivity index (χ0) is 15.0. The van der Waals surface area contributed by atoms with Gasteiger partial charge in [-0.1, -0.05) is 31.9 Å². The molecule has 0 heterocycles. The zero-order valence-electron chi connectivity index (χ0n) is 11.6. The summed E-state index contributed by atoms with van der Waals surface area (Å²) in [6.07, 6.45) is 6.09. The van der Waals surface area contributed by atoms with Crippen molar-refractivity contribution in [1.82, 2.24) is 0 Å². The molecule has 0 saturated carbocycles. The molecule has 0 bridgehead atoms. The Bertz CT molecular complexity index is 503. The van der Waals surface area contributed by atoms with E-state index in [1.807, 2.05) is 0 Å². The SMILES string of the molecule is CCCCCC(=O)CC(=O)C=Cc1ccc(O)c(O)c1. The summed E-state index contributed by atoms with van der Waals surface area (Å²) in [5.74, 6) is -0.740. The molecule has 1 aromatic carbocycles. The van der Waals surface area contributed by atoms with Crippen LogP contribution in [0.15, 0.2) is 24.3 Å². The van der Waals surface area contributed by atoms with Crippen molar-refractivity contribution < 1.29 is 19.8 Å². The minimum Gasteiger partial charge on any atom is -0.504 e. The topological polar surface area (TPSA) is 74.6 Å². The van der Waals surface area contributed by atoms with Crippen molar-refractivity contribution in [3.63, 3.8) is 0 Å². The fourth-order valence-corrected chi connectivity index (χ4v) is 1.75. The zero-order valence-corrected chi connectivity index (χ0v) is 11.6. The second kappa shape index (κ2) is 8.15. The Morgan fingerprint density at radius 1 is 1.15 bits per heavy atom. The van der Waals surface area contributed by atoms with Crippen molar-refractivity contribution in [2.75, 3.05) is 0 Å². The van der Waals surface area contributed by atoms with Gasteiger partial charge in [0.2, 0.25) is 0 Å². The van der Waals surface area contributed by atoms with E-state index in [0.717, 1.165) is 19.3 Å². The predicted octanol–water partition coefficient (Wildman–Crippen LogP) is 3.22. The van der Waals surface area contributed by atoms with Crippen LogP contribution >= 0.6 is 0 Å². The second-order valence-corrected chi connectivity index (χ2v) is 4.72. The van der Waals surface area contributed by atoms with E-state index in [0.29, 0.717) is 12.0 Å². The largest absolute Gasteiger partial charge is 0.504 e. The van der Waals surface area contributed by atoms with Gasteiger partial charge in [0.25, 0.3) is 0 Å². The lowest BCUT2D eigenvalue weighted by atomic mass is 10.1. The Hall–Kier alpha value is -2.10. The van der Waals surface area contributed by atoms with Crippen LogP contribution in [0, 0.1) is 0 Å². The van der Waals surface area contributed by atoms with E-state index < -0.39 is 0 Å². The standard InChI is InChI=1S/C16H20O4/c1-2-3-4-5-13(17)11-14(18)8-6-12-7-9-15(19)16(20)10-12/h6-10,19-20H,2-5,11H2,1H3. The minimum absolute atomic E-state index is 0.0401. The van der Waals surface area contributed by atoms with Crippen molar-refractivity contribution >= 4 is 17.6 Å². The van der Waals surface area contributed by atoms with Gasteiger partial charge in [-0.2, -0.15) is 0 Å². The number of hydrogen-bond acceptors (Lipinski definition) is 4. The fourth-order valence-electron chi connectivity index (χ4n) is 1.75. The number of allylic oxidation sites excluding steroid dienone is 1. The molecule has 0 atom stereocenters. The van der Waals surface area contributed by atoms with E-state index in [9.17, 15) is 14.7 Å². The van der Waals surface area contributed by atoms with Crippen LogP contribution < -0.4 is 0 Å². The molecule has 1 rings (SSSR count). The van der Waals surface area contributed by atoms with Crippen LogP contribution in [0.2, 0.25) is 0 Å². The lowest BCUT2D eigenvalue weighted by Crippen LogP contribution is -2.04. The lowest BCUT2D eigenvalue weighted by Gasteiger charge is -1.99. The second-order valence-electron chi connectivity index (χ2n) is 4.72. The van der Waals surface area contributed by atoms with E-state index in [4.69, 9.17) is 5.11 Å². The molecule has 108 valence electrons. The van der Waals surface area contributed by atoms with E-state index in [-0.39, 0.29) is 29.5 Å². The number of aromatic hydroxyl groups is 2. The minimum atomic E-state index is -0.251. The van der Waals surface area contributed by atoms with Crippen LogP contribution in [0.3, 0.4) is 0 Å². The molecule has 2 N–H and O–H groups in total. The molecule has 0 radical (unpaired) electrons. The van der Waals surface area contributed by atoms with Gasteiger partial charge >= 0.3 is 0 Å². The van der Waals surface area contributed by atoms with Crippen molar-refractivity contribution in [2.45, 2.75) is 39.0 Å². The van der Waals surface area contributed by atoms with Gasteiger partial charge in [-0.25, -0.2) is 0 Å². The van der Waals surface area contributed by atoms with Crippen molar-refractivity contribution in [2.24, 2.45) is 0 Å². The summed E-state index contributed by atoms with van der Waals surface area (Å²) in [5, 5.41) is 18.5. The first-order chi connectivity index (χ1) is 9.52. The highest BCUT2D eigenvalue weighted by atomic mass is 16.3. The van der Waals surface area contributed by atoms with Gasteiger partial charge in [0, 0.05) is 6.42 Å². The molecule has 0 fully saturated rings. The number of benzene rings is 1. The number of phenols is 2. The van der Waals surface area contributed by atoms with Crippen LogP contribution in [0.5, 0.6) is 11.5 Å². The van der Waals surface area contributed by atoms with Gasteiger partial charge in [0.05, 0.1) is 6.42 Å². The molecule has 0 aliphatic rings. The molecular weight excluding hydrogens is 256 g/mol. The van der Waals surface area contributed by atoms with Gasteiger partial charge in [-0.3, -0.25) is 9.59 Å². The van der Waals surface area contributed by atoms with Crippen LogP contribution in [0.25, 0.3) is 6.08 Å². The van der Waals surface area contributed by atoms with E-state index in [1.165, 1.54) is 24.3 Å². The fraction of sp³-hybridized carbons (Fsp3) is 0.375. The van der Waals surface area contributed by atoms with Gasteiger partial charge in [0.15, 0.2) is 17.3 Å². The van der Waals surface area contributed by atoms with Gasteiger partial charge in [-0.15, -0.1) is 0 Å². The maximum atomic E-state index is 11.6. The molecule has 1 aromatic rings. The normalized spacial score (nSPS) is 10.8. The van der Waals surface area contributed by atoms with E-state index >= 15 is 0 Å². The molecule has 0 amide bonds. The van der Waals surface area contributed by atoms with Crippen molar-refractivity contribution in [3.8, 4) is 11.5 Å². The molecule has 20 heavy (non-hydrogen) atoms. The first-order valence-corrected chi connectivity index (χ1v) is 6.77. The third-order valence-electron chi connectivity index (χ3n) is 2.89. The summed E-state index contributed by atoms with van der Waals surface area (Å²) < 4.78 is 0. The predicted molar refractivity (Wildman–Crippen MR) is 77.6 cm³/mol. The number of hydrogen-bond donors (Lipinski definition) is 2. The summed E-state index contributed by atoms with van der Waals surface area (Å²) in [5.41, 5.74) is 0.590. The van der Waals surface area contributed by atoms with Gasteiger partial charge in [0.1, 0.15) is 5.78 Å². The quantitative estimate of drug-likeness (QED) is 0.331. The first-order valence-electron chi connectivity index (χ1n) is 6.77. The van der Waals surface area contributed by atoms with Gasteiger partial charge in [-0.05, 0) is 30.2 Å². The summed E-state index contributed by atoms with van der Waals surface area (Å²) in [6, 6.07) is 4.26. The third kappa shape index (κ3) is 5.69. The maximum Gasteiger partial charge on any atom is 0.163 e. The number of phenolic OH excluding ortho intramolecular Hbond substituents is 2. The Morgan fingerprint density at radius 2 is 1.90 bits per heavy atom. The summed E-state index contributed by atoms with van der Waals surface area (Å²) in [7, 11) is 0. The molecule has 4 heteroatoms. The Labute approximate surface area is 118 Å². The van der Waals surface area contributed by atoms with Gasteiger partial charge < -0.3 is 10.2 Å². The van der Waals surface area contributed by atoms with Crippen LogP contribution in [-0.4, -0.2) is 21.8 Å². The highest BCUT2D eigenvalue weighted by Crippen LogP contribution is 2.25. The van der Waals surface area contributed by atoms with E-state index in [2.05, 4.69) is 6.92 Å². The number of unbranched alkanes of at least 4 members (excludes halogenated alkanes) is 2. The summed E-state index contributed by atoms with van der Waals surface area (Å²) in [4.78, 5) is 23.1. The molecule has 0 spiro atoms. The molecule has 0 aromatic heterocycles. The average Bonchev–Trinajstić information content (AvgIpc) is 2.40. The van der Waals surface area contributed by atoms with Crippen molar-refractivity contribution in [3.05, 3.63) is 29.8 Å². The van der Waals surface area contributed by atoms with E-state index in [1.54, 1.807) is 6.07 Å². The number of ketones is 2. The Balaban J connectivity index is 2.46. The Morgan fingerprint density at radius 3 is 2.55 bits per heavy atom. The van der Waals surface area contributed by atoms with Crippen LogP contribution in [-0.2, 0) is 9.59 Å². The van der Waals surface area contributed by atoms with Crippen molar-refractivity contribution in [1.29, 1.82) is 0 Å².